The largest absolute Gasteiger partial charge is 0.484 e. The Morgan fingerprint density at radius 1 is 1.24 bits per heavy atom. The number of anilines is 1. The lowest BCUT2D eigenvalue weighted by atomic mass is 10.1. The highest BCUT2D eigenvalue weighted by molar-refractivity contribution is 7.99. The van der Waals surface area contributed by atoms with E-state index < -0.39 is 4.92 Å². The molecule has 1 amide bonds. The van der Waals surface area contributed by atoms with Gasteiger partial charge < -0.3 is 14.5 Å². The molecule has 10 nitrogen and oxygen atoms in total. The van der Waals surface area contributed by atoms with E-state index in [-0.39, 0.29) is 29.2 Å². The summed E-state index contributed by atoms with van der Waals surface area (Å²) in [6, 6.07) is 13.8. The number of benzene rings is 2. The van der Waals surface area contributed by atoms with Crippen molar-refractivity contribution in [1.82, 2.24) is 15.2 Å². The van der Waals surface area contributed by atoms with Gasteiger partial charge in [0.05, 0.1) is 16.4 Å². The number of non-ortho nitro benzene ring substituents is 1. The molecule has 0 aliphatic rings. The van der Waals surface area contributed by atoms with Crippen LogP contribution >= 0.6 is 23.1 Å². The molecule has 2 aromatic heterocycles. The lowest BCUT2D eigenvalue weighted by Crippen LogP contribution is -2.13. The van der Waals surface area contributed by atoms with Gasteiger partial charge >= 0.3 is 0 Å². The van der Waals surface area contributed by atoms with Crippen molar-refractivity contribution >= 4 is 39.8 Å². The first-order valence-corrected chi connectivity index (χ1v) is 11.5. The van der Waals surface area contributed by atoms with Crippen LogP contribution < -0.4 is 10.1 Å². The van der Waals surface area contributed by atoms with Crippen LogP contribution in [0.2, 0.25) is 0 Å². The van der Waals surface area contributed by atoms with E-state index in [1.54, 1.807) is 17.5 Å². The van der Waals surface area contributed by atoms with E-state index in [0.29, 0.717) is 22.3 Å². The third-order valence-electron chi connectivity index (χ3n) is 4.32. The van der Waals surface area contributed by atoms with Gasteiger partial charge in [-0.05, 0) is 18.6 Å². The van der Waals surface area contributed by atoms with E-state index in [1.807, 2.05) is 31.2 Å². The predicted molar refractivity (Wildman–Crippen MR) is 123 cm³/mol. The molecule has 2 aromatic carbocycles. The van der Waals surface area contributed by atoms with E-state index in [1.165, 1.54) is 23.5 Å². The van der Waals surface area contributed by atoms with Gasteiger partial charge in [0.1, 0.15) is 5.75 Å². The van der Waals surface area contributed by atoms with Gasteiger partial charge in [-0.1, -0.05) is 42.1 Å². The van der Waals surface area contributed by atoms with Crippen LogP contribution in [0.15, 0.2) is 63.6 Å². The molecule has 0 saturated heterocycles. The molecule has 33 heavy (non-hydrogen) atoms. The van der Waals surface area contributed by atoms with E-state index in [4.69, 9.17) is 9.15 Å². The van der Waals surface area contributed by atoms with E-state index in [2.05, 4.69) is 20.5 Å². The number of aryl methyl sites for hydroxylation is 1. The van der Waals surface area contributed by atoms with Crippen LogP contribution in [0.4, 0.5) is 10.8 Å². The van der Waals surface area contributed by atoms with Crippen molar-refractivity contribution in [3.8, 4) is 17.0 Å². The Balaban J connectivity index is 1.28. The van der Waals surface area contributed by atoms with Gasteiger partial charge in [0.25, 0.3) is 16.8 Å². The zero-order valence-electron chi connectivity index (χ0n) is 17.3. The van der Waals surface area contributed by atoms with Gasteiger partial charge in [-0.15, -0.1) is 21.5 Å². The summed E-state index contributed by atoms with van der Waals surface area (Å²) in [7, 11) is 0. The van der Waals surface area contributed by atoms with Crippen LogP contribution in [0.1, 0.15) is 11.5 Å². The van der Waals surface area contributed by atoms with Gasteiger partial charge in [0.15, 0.2) is 11.7 Å². The number of nitro groups is 1. The van der Waals surface area contributed by atoms with Crippen LogP contribution in [0, 0.1) is 17.0 Å². The summed E-state index contributed by atoms with van der Waals surface area (Å²) in [5.74, 6) is 0.794. The van der Waals surface area contributed by atoms with Crippen molar-refractivity contribution in [2.24, 2.45) is 0 Å². The highest BCUT2D eigenvalue weighted by Gasteiger charge is 2.14. The molecule has 4 rings (SSSR count). The third kappa shape index (κ3) is 5.93. The Morgan fingerprint density at radius 2 is 2.09 bits per heavy atom. The molecular formula is C21H17N5O5S2. The Hall–Kier alpha value is -3.77. The van der Waals surface area contributed by atoms with Gasteiger partial charge in [-0.25, -0.2) is 4.98 Å². The number of para-hydroxylation sites is 1. The van der Waals surface area contributed by atoms with Crippen LogP contribution in [0.3, 0.4) is 0 Å². The monoisotopic (exact) mass is 483 g/mol. The predicted octanol–water partition coefficient (Wildman–Crippen LogP) is 4.72. The molecule has 168 valence electrons. The number of thioether (sulfide) groups is 1. The number of carbonyl (C=O) groups is 1. The first-order chi connectivity index (χ1) is 16.0. The minimum absolute atomic E-state index is 0.0225. The molecule has 0 aliphatic carbocycles. The van der Waals surface area contributed by atoms with Crippen LogP contribution in [-0.2, 0) is 11.4 Å². The number of hydrogen-bond acceptors (Lipinski definition) is 10. The average Bonchev–Trinajstić information content (AvgIpc) is 3.47. The quantitative estimate of drug-likeness (QED) is 0.204. The second-order valence-corrected chi connectivity index (χ2v) is 8.48. The highest BCUT2D eigenvalue weighted by Crippen LogP contribution is 2.28. The number of nitro benzene ring substituents is 1. The lowest BCUT2D eigenvalue weighted by molar-refractivity contribution is -0.384. The number of nitrogens with zero attached hydrogens (tertiary/aromatic N) is 4. The number of amides is 1. The smallest absolute Gasteiger partial charge is 0.277 e. The van der Waals surface area contributed by atoms with Crippen molar-refractivity contribution in [3.05, 3.63) is 75.5 Å². The third-order valence-corrected chi connectivity index (χ3v) is 5.90. The molecule has 0 spiro atoms. The molecule has 0 atom stereocenters. The maximum atomic E-state index is 12.3. The number of hydrogen-bond donors (Lipinski definition) is 1. The molecule has 0 bridgehead atoms. The number of nitrogens with one attached hydrogen (secondary N) is 1. The van der Waals surface area contributed by atoms with Crippen molar-refractivity contribution in [1.29, 1.82) is 0 Å². The topological polar surface area (TPSA) is 133 Å². The fourth-order valence-electron chi connectivity index (χ4n) is 2.74. The van der Waals surface area contributed by atoms with Crippen molar-refractivity contribution < 1.29 is 18.9 Å². The molecule has 0 radical (unpaired) electrons. The second-order valence-electron chi connectivity index (χ2n) is 6.70. The number of rotatable bonds is 9. The summed E-state index contributed by atoms with van der Waals surface area (Å²) in [6.07, 6.45) is 0. The van der Waals surface area contributed by atoms with Crippen molar-refractivity contribution in [2.75, 3.05) is 11.1 Å². The van der Waals surface area contributed by atoms with E-state index >= 15 is 0 Å². The Morgan fingerprint density at radius 3 is 2.91 bits per heavy atom. The summed E-state index contributed by atoms with van der Waals surface area (Å²) < 4.78 is 11.2. The summed E-state index contributed by atoms with van der Waals surface area (Å²) >= 11 is 2.32. The van der Waals surface area contributed by atoms with Crippen LogP contribution in [0.5, 0.6) is 5.75 Å². The summed E-state index contributed by atoms with van der Waals surface area (Å²) in [6.45, 7) is 2.07. The van der Waals surface area contributed by atoms with E-state index in [9.17, 15) is 14.9 Å². The minimum atomic E-state index is -0.465. The molecular weight excluding hydrogens is 466 g/mol. The maximum Gasteiger partial charge on any atom is 0.277 e. The zero-order chi connectivity index (χ0) is 23.2. The molecule has 12 heteroatoms. The standard InChI is InChI=1S/C21H17N5O5S2/c1-13-5-2-3-8-17(13)30-10-19-24-25-21(31-19)33-12-18(27)23-20-22-16(11-32-20)14-6-4-7-15(9-14)26(28)29/h2-9,11H,10,12H2,1H3,(H,22,23,27). The number of ether oxygens (including phenoxy) is 1. The number of aromatic nitrogens is 3. The van der Waals surface area contributed by atoms with Crippen molar-refractivity contribution in [2.45, 2.75) is 18.8 Å². The molecule has 4 aromatic rings. The van der Waals surface area contributed by atoms with Gasteiger partial charge in [-0.2, -0.15) is 0 Å². The van der Waals surface area contributed by atoms with Crippen LogP contribution in [-0.4, -0.2) is 31.8 Å². The Labute approximate surface area is 196 Å². The molecule has 1 N–H and O–H groups in total. The lowest BCUT2D eigenvalue weighted by Gasteiger charge is -2.05. The molecule has 0 aliphatic heterocycles. The van der Waals surface area contributed by atoms with Crippen LogP contribution in [0.25, 0.3) is 11.3 Å². The first kappa shape index (κ1) is 22.4. The number of thiazole rings is 1. The Bertz CT molecular complexity index is 1290. The molecule has 0 fully saturated rings. The molecule has 2 heterocycles. The SMILES string of the molecule is Cc1ccccc1OCc1nnc(SCC(=O)Nc2nc(-c3cccc([N+](=O)[O-])c3)cs2)o1. The normalized spacial score (nSPS) is 10.7. The van der Waals surface area contributed by atoms with Crippen molar-refractivity contribution in [3.63, 3.8) is 0 Å². The zero-order valence-corrected chi connectivity index (χ0v) is 18.9. The molecule has 0 unspecified atom stereocenters. The summed E-state index contributed by atoms with van der Waals surface area (Å²) in [5, 5.41) is 23.9. The summed E-state index contributed by atoms with van der Waals surface area (Å²) in [4.78, 5) is 27.1. The van der Waals surface area contributed by atoms with Gasteiger partial charge in [0, 0.05) is 23.1 Å². The fourth-order valence-corrected chi connectivity index (χ4v) is 4.05. The molecule has 0 saturated carbocycles. The highest BCUT2D eigenvalue weighted by atomic mass is 32.2. The van der Waals surface area contributed by atoms with E-state index in [0.717, 1.165) is 23.1 Å². The average molecular weight is 484 g/mol. The van der Waals surface area contributed by atoms with Gasteiger partial charge in [-0.3, -0.25) is 14.9 Å². The fraction of sp³-hybridized carbons (Fsp3) is 0.143. The van der Waals surface area contributed by atoms with Gasteiger partial charge in [0.2, 0.25) is 5.91 Å². The minimum Gasteiger partial charge on any atom is -0.484 e. The first-order valence-electron chi connectivity index (χ1n) is 9.62. The second kappa shape index (κ2) is 10.2. The maximum absolute atomic E-state index is 12.3. The Kier molecular flexibility index (Phi) is 6.95. The summed E-state index contributed by atoms with van der Waals surface area (Å²) in [5.41, 5.74) is 2.12. The number of carbonyl (C=O) groups excluding carboxylic acids is 1.